The molecular formula is C19H26O2. The molecule has 0 heterocycles. The van der Waals surface area contributed by atoms with Gasteiger partial charge in [-0.2, -0.15) is 0 Å². The summed E-state index contributed by atoms with van der Waals surface area (Å²) in [5.41, 5.74) is 3.67. The summed E-state index contributed by atoms with van der Waals surface area (Å²) in [4.78, 5) is 11.9. The summed E-state index contributed by atoms with van der Waals surface area (Å²) in [6, 6.07) is 0. The van der Waals surface area contributed by atoms with Gasteiger partial charge in [-0.1, -0.05) is 44.1 Å². The van der Waals surface area contributed by atoms with Crippen LogP contribution < -0.4 is 0 Å². The minimum Gasteiger partial charge on any atom is -0.511 e. The van der Waals surface area contributed by atoms with Crippen LogP contribution in [-0.4, -0.2) is 10.9 Å². The van der Waals surface area contributed by atoms with E-state index in [-0.39, 0.29) is 18.1 Å². The Bertz CT molecular complexity index is 562. The monoisotopic (exact) mass is 286 g/mol. The van der Waals surface area contributed by atoms with E-state index in [4.69, 9.17) is 0 Å². The lowest BCUT2D eigenvalue weighted by molar-refractivity contribution is -0.118. The first-order chi connectivity index (χ1) is 9.90. The van der Waals surface area contributed by atoms with E-state index >= 15 is 0 Å². The molecule has 4 unspecified atom stereocenters. The highest BCUT2D eigenvalue weighted by Gasteiger charge is 2.46. The molecule has 0 saturated carbocycles. The predicted octanol–water partition coefficient (Wildman–Crippen LogP) is 4.59. The lowest BCUT2D eigenvalue weighted by atomic mass is 9.70. The number of allylic oxidation sites excluding steroid dienone is 6. The molecule has 3 aliphatic carbocycles. The second-order valence-electron chi connectivity index (χ2n) is 7.43. The van der Waals surface area contributed by atoms with Gasteiger partial charge in [0.1, 0.15) is 5.76 Å². The van der Waals surface area contributed by atoms with Crippen LogP contribution >= 0.6 is 0 Å². The van der Waals surface area contributed by atoms with E-state index in [2.05, 4.69) is 39.8 Å². The van der Waals surface area contributed by atoms with Crippen LogP contribution in [-0.2, 0) is 4.79 Å². The van der Waals surface area contributed by atoms with Crippen LogP contribution in [0.3, 0.4) is 0 Å². The molecule has 0 aromatic heterocycles. The van der Waals surface area contributed by atoms with E-state index in [0.29, 0.717) is 35.0 Å². The third-order valence-electron chi connectivity index (χ3n) is 5.79. The molecule has 0 spiro atoms. The van der Waals surface area contributed by atoms with Crippen LogP contribution in [0.5, 0.6) is 0 Å². The summed E-state index contributed by atoms with van der Waals surface area (Å²) < 4.78 is 0. The lowest BCUT2D eigenvalue weighted by Gasteiger charge is -2.33. The number of aliphatic hydroxyl groups excluding tert-OH is 1. The first-order valence-corrected chi connectivity index (χ1v) is 8.22. The van der Waals surface area contributed by atoms with E-state index in [1.54, 1.807) is 5.57 Å². The zero-order valence-corrected chi connectivity index (χ0v) is 13.5. The van der Waals surface area contributed by atoms with E-state index in [1.165, 1.54) is 5.57 Å². The number of hydrogen-bond acceptors (Lipinski definition) is 2. The largest absolute Gasteiger partial charge is 0.511 e. The van der Waals surface area contributed by atoms with Gasteiger partial charge >= 0.3 is 0 Å². The van der Waals surface area contributed by atoms with Gasteiger partial charge < -0.3 is 5.11 Å². The van der Waals surface area contributed by atoms with E-state index < -0.39 is 0 Å². The van der Waals surface area contributed by atoms with Crippen molar-refractivity contribution in [3.63, 3.8) is 0 Å². The molecule has 0 bridgehead atoms. The molecule has 0 radical (unpaired) electrons. The number of carbonyl (C=O) groups is 1. The highest BCUT2D eigenvalue weighted by molar-refractivity contribution is 6.04. The van der Waals surface area contributed by atoms with E-state index in [1.807, 2.05) is 0 Å². The van der Waals surface area contributed by atoms with Gasteiger partial charge in [0.15, 0.2) is 5.78 Å². The number of rotatable bonds is 2. The van der Waals surface area contributed by atoms with Gasteiger partial charge in [-0.3, -0.25) is 4.79 Å². The molecule has 0 saturated heterocycles. The number of carbonyl (C=O) groups excluding carboxylic acids is 1. The fourth-order valence-corrected chi connectivity index (χ4v) is 4.47. The second-order valence-corrected chi connectivity index (χ2v) is 7.43. The van der Waals surface area contributed by atoms with Crippen LogP contribution in [0.25, 0.3) is 0 Å². The van der Waals surface area contributed by atoms with Crippen molar-refractivity contribution < 1.29 is 9.90 Å². The second kappa shape index (κ2) is 5.15. The van der Waals surface area contributed by atoms with Gasteiger partial charge in [0.2, 0.25) is 0 Å². The van der Waals surface area contributed by atoms with Crippen molar-refractivity contribution >= 4 is 5.78 Å². The first kappa shape index (κ1) is 14.6. The highest BCUT2D eigenvalue weighted by atomic mass is 16.3. The molecule has 4 atom stereocenters. The molecule has 21 heavy (non-hydrogen) atoms. The van der Waals surface area contributed by atoms with Crippen molar-refractivity contribution in [3.05, 3.63) is 34.6 Å². The Hall–Kier alpha value is -1.31. The minimum atomic E-state index is 0.145. The van der Waals surface area contributed by atoms with Crippen LogP contribution in [0.4, 0.5) is 0 Å². The topological polar surface area (TPSA) is 37.3 Å². The molecule has 2 nitrogen and oxygen atoms in total. The standard InChI is InChI=1S/C19H26O2/c1-10(2)13-6-5-11(3)18-14(8-13)12(4)7-15(18)19-16(20)9-17(19)21/h6-7,10-11,14-15,18,20H,5,8-9H2,1-4H3. The van der Waals surface area contributed by atoms with Gasteiger partial charge in [0, 0.05) is 11.5 Å². The maximum atomic E-state index is 11.9. The molecule has 0 aromatic carbocycles. The number of hydrogen-bond donors (Lipinski definition) is 1. The van der Waals surface area contributed by atoms with Gasteiger partial charge in [-0.05, 0) is 43.4 Å². The Morgan fingerprint density at radius 2 is 2.05 bits per heavy atom. The summed E-state index contributed by atoms with van der Waals surface area (Å²) in [5, 5.41) is 9.93. The molecule has 1 N–H and O–H groups in total. The fourth-order valence-electron chi connectivity index (χ4n) is 4.47. The molecule has 3 rings (SSSR count). The Morgan fingerprint density at radius 1 is 1.33 bits per heavy atom. The molecular weight excluding hydrogens is 260 g/mol. The Kier molecular flexibility index (Phi) is 3.59. The van der Waals surface area contributed by atoms with Gasteiger partial charge in [-0.25, -0.2) is 0 Å². The summed E-state index contributed by atoms with van der Waals surface area (Å²) in [6.45, 7) is 9.05. The van der Waals surface area contributed by atoms with Crippen LogP contribution in [0.1, 0.15) is 47.0 Å². The third-order valence-corrected chi connectivity index (χ3v) is 5.79. The maximum absolute atomic E-state index is 11.9. The Balaban J connectivity index is 1.94. The zero-order valence-electron chi connectivity index (χ0n) is 13.5. The van der Waals surface area contributed by atoms with Crippen molar-refractivity contribution in [1.29, 1.82) is 0 Å². The normalized spacial score (nSPS) is 36.1. The predicted molar refractivity (Wildman–Crippen MR) is 84.8 cm³/mol. The summed E-state index contributed by atoms with van der Waals surface area (Å²) in [6.07, 6.45) is 7.15. The third kappa shape index (κ3) is 2.29. The summed E-state index contributed by atoms with van der Waals surface area (Å²) in [5.74, 6) is 2.79. The molecule has 0 amide bonds. The van der Waals surface area contributed by atoms with Crippen molar-refractivity contribution in [2.24, 2.45) is 29.6 Å². The molecule has 2 heteroatoms. The summed E-state index contributed by atoms with van der Waals surface area (Å²) in [7, 11) is 0. The average molecular weight is 286 g/mol. The molecule has 3 aliphatic rings. The number of Topliss-reactive ketones (excluding diaryl/α,β-unsaturated/α-hetero) is 1. The van der Waals surface area contributed by atoms with Crippen molar-refractivity contribution in [3.8, 4) is 0 Å². The minimum absolute atomic E-state index is 0.145. The Morgan fingerprint density at radius 3 is 2.62 bits per heavy atom. The van der Waals surface area contributed by atoms with Crippen LogP contribution in [0.15, 0.2) is 34.6 Å². The first-order valence-electron chi connectivity index (χ1n) is 8.22. The van der Waals surface area contributed by atoms with E-state index in [9.17, 15) is 9.90 Å². The number of ketones is 1. The van der Waals surface area contributed by atoms with Crippen LogP contribution in [0, 0.1) is 29.6 Å². The quantitative estimate of drug-likeness (QED) is 0.754. The molecule has 114 valence electrons. The van der Waals surface area contributed by atoms with Crippen molar-refractivity contribution in [1.82, 2.24) is 0 Å². The van der Waals surface area contributed by atoms with Gasteiger partial charge in [0.25, 0.3) is 0 Å². The van der Waals surface area contributed by atoms with Gasteiger partial charge in [-0.15, -0.1) is 0 Å². The van der Waals surface area contributed by atoms with Crippen LogP contribution in [0.2, 0.25) is 0 Å². The summed E-state index contributed by atoms with van der Waals surface area (Å²) >= 11 is 0. The maximum Gasteiger partial charge on any atom is 0.170 e. The van der Waals surface area contributed by atoms with Crippen molar-refractivity contribution in [2.75, 3.05) is 0 Å². The zero-order chi connectivity index (χ0) is 15.3. The number of aliphatic hydroxyl groups is 1. The van der Waals surface area contributed by atoms with E-state index in [0.717, 1.165) is 12.8 Å². The highest BCUT2D eigenvalue weighted by Crippen LogP contribution is 2.52. The fraction of sp³-hybridized carbons (Fsp3) is 0.632. The molecule has 0 aliphatic heterocycles. The lowest BCUT2D eigenvalue weighted by Crippen LogP contribution is -2.31. The van der Waals surface area contributed by atoms with Gasteiger partial charge in [0.05, 0.1) is 6.42 Å². The average Bonchev–Trinajstić information content (AvgIpc) is 2.58. The SMILES string of the molecule is CC1=CC(C2=C(O)CC2=O)C2C(C)CC=C(C(C)C)CC12. The molecule has 0 aromatic rings. The van der Waals surface area contributed by atoms with Crippen molar-refractivity contribution in [2.45, 2.75) is 47.0 Å². The Labute approximate surface area is 127 Å². The molecule has 0 fully saturated rings. The smallest absolute Gasteiger partial charge is 0.170 e. The number of fused-ring (bicyclic) bond motifs is 1.